The Bertz CT molecular complexity index is 603. The largest absolute Gasteiger partial charge is 0.489 e. The van der Waals surface area contributed by atoms with E-state index < -0.39 is 0 Å². The summed E-state index contributed by atoms with van der Waals surface area (Å²) in [5, 5.41) is 10.9. The number of nitro groups is 1. The van der Waals surface area contributed by atoms with Gasteiger partial charge >= 0.3 is 0 Å². The number of non-ortho nitro benzene ring substituents is 1. The van der Waals surface area contributed by atoms with Gasteiger partial charge in [0.25, 0.3) is 5.69 Å². The molecule has 3 heterocycles. The molecule has 0 unspecified atom stereocenters. The first-order valence-electron chi connectivity index (χ1n) is 8.22. The van der Waals surface area contributed by atoms with Gasteiger partial charge in [-0.1, -0.05) is 0 Å². The third-order valence-corrected chi connectivity index (χ3v) is 5.12. The molecule has 23 heavy (non-hydrogen) atoms. The molecule has 0 bridgehead atoms. The highest BCUT2D eigenvalue weighted by atomic mass is 16.6. The van der Waals surface area contributed by atoms with Crippen LogP contribution in [0.5, 0.6) is 5.75 Å². The molecule has 0 radical (unpaired) electrons. The van der Waals surface area contributed by atoms with Crippen LogP contribution in [0.1, 0.15) is 12.8 Å². The van der Waals surface area contributed by atoms with Gasteiger partial charge in [0, 0.05) is 45.0 Å². The van der Waals surface area contributed by atoms with Crippen molar-refractivity contribution in [2.75, 3.05) is 44.4 Å². The fourth-order valence-electron chi connectivity index (χ4n) is 3.88. The van der Waals surface area contributed by atoms with Gasteiger partial charge in [-0.2, -0.15) is 0 Å². The van der Waals surface area contributed by atoms with E-state index in [0.717, 1.165) is 51.4 Å². The van der Waals surface area contributed by atoms with E-state index in [9.17, 15) is 10.1 Å². The topological polar surface area (TPSA) is 68.1 Å². The summed E-state index contributed by atoms with van der Waals surface area (Å²) in [4.78, 5) is 15.4. The maximum Gasteiger partial charge on any atom is 0.273 e. The summed E-state index contributed by atoms with van der Waals surface area (Å²) in [5.74, 6) is 0.634. The molecule has 0 aromatic heterocycles. The number of nitrogens with zero attached hydrogens (tertiary/aromatic N) is 3. The van der Waals surface area contributed by atoms with Gasteiger partial charge in [0.2, 0.25) is 0 Å². The summed E-state index contributed by atoms with van der Waals surface area (Å²) in [6.45, 7) is 5.26. The smallest absolute Gasteiger partial charge is 0.273 e. The van der Waals surface area contributed by atoms with E-state index in [1.54, 1.807) is 6.07 Å². The van der Waals surface area contributed by atoms with Crippen molar-refractivity contribution in [3.05, 3.63) is 28.3 Å². The first-order chi connectivity index (χ1) is 11.2. The van der Waals surface area contributed by atoms with Crippen molar-refractivity contribution in [3.63, 3.8) is 0 Å². The lowest BCUT2D eigenvalue weighted by Crippen LogP contribution is -2.59. The molecule has 0 N–H and O–H groups in total. The minimum absolute atomic E-state index is 0.0861. The number of benzene rings is 1. The number of nitro benzene ring substituents is 1. The fraction of sp³-hybridized carbons (Fsp3) is 0.625. The molecule has 2 fully saturated rings. The molecular formula is C16H21N3O4. The normalized spacial score (nSPS) is 25.4. The Kier molecular flexibility index (Phi) is 3.82. The van der Waals surface area contributed by atoms with E-state index in [1.807, 2.05) is 6.07 Å². The zero-order valence-corrected chi connectivity index (χ0v) is 13.0. The third-order valence-electron chi connectivity index (χ3n) is 5.12. The van der Waals surface area contributed by atoms with Crippen molar-refractivity contribution in [1.82, 2.24) is 4.90 Å². The molecule has 4 rings (SSSR count). The first kappa shape index (κ1) is 14.7. The van der Waals surface area contributed by atoms with Crippen LogP contribution in [-0.2, 0) is 4.74 Å². The Morgan fingerprint density at radius 1 is 1.17 bits per heavy atom. The van der Waals surface area contributed by atoms with Crippen LogP contribution in [0.15, 0.2) is 18.2 Å². The molecule has 3 aliphatic heterocycles. The van der Waals surface area contributed by atoms with Gasteiger partial charge in [-0.05, 0) is 18.9 Å². The van der Waals surface area contributed by atoms with Crippen molar-refractivity contribution < 1.29 is 14.4 Å². The molecule has 0 saturated carbocycles. The highest BCUT2D eigenvalue weighted by Gasteiger charge is 2.36. The van der Waals surface area contributed by atoms with Crippen molar-refractivity contribution in [3.8, 4) is 5.75 Å². The number of fused-ring (bicyclic) bond motifs is 3. The van der Waals surface area contributed by atoms with Crippen molar-refractivity contribution in [2.45, 2.75) is 24.9 Å². The van der Waals surface area contributed by atoms with Gasteiger partial charge in [0.1, 0.15) is 12.4 Å². The summed E-state index contributed by atoms with van der Waals surface area (Å²) in [7, 11) is 0. The minimum Gasteiger partial charge on any atom is -0.489 e. The summed E-state index contributed by atoms with van der Waals surface area (Å²) in [6.07, 6.45) is 2.21. The Labute approximate surface area is 134 Å². The molecule has 0 spiro atoms. The maximum absolute atomic E-state index is 10.9. The minimum atomic E-state index is -0.376. The van der Waals surface area contributed by atoms with Crippen LogP contribution in [0, 0.1) is 10.1 Å². The highest BCUT2D eigenvalue weighted by molar-refractivity contribution is 5.64. The van der Waals surface area contributed by atoms with Gasteiger partial charge in [-0.3, -0.25) is 15.0 Å². The standard InChI is InChI=1S/C16H21N3O4/c20-19(21)13-1-2-15-16(9-13)23-11-14-10-17(5-6-18(14)15)12-3-7-22-8-4-12/h1-2,9,12,14H,3-8,10-11H2/t14-/m0/s1. The summed E-state index contributed by atoms with van der Waals surface area (Å²) in [6, 6.07) is 5.86. The molecule has 2 saturated heterocycles. The average Bonchev–Trinajstić information content (AvgIpc) is 2.61. The Morgan fingerprint density at radius 3 is 2.78 bits per heavy atom. The lowest BCUT2D eigenvalue weighted by atomic mass is 10.0. The summed E-state index contributed by atoms with van der Waals surface area (Å²) in [5.41, 5.74) is 1.07. The molecule has 1 aromatic carbocycles. The average molecular weight is 319 g/mol. The van der Waals surface area contributed by atoms with Crippen LogP contribution in [0.4, 0.5) is 11.4 Å². The second-order valence-corrected chi connectivity index (χ2v) is 6.41. The van der Waals surface area contributed by atoms with E-state index in [-0.39, 0.29) is 10.6 Å². The Balaban J connectivity index is 1.50. The molecule has 124 valence electrons. The van der Waals surface area contributed by atoms with Crippen LogP contribution in [0.25, 0.3) is 0 Å². The van der Waals surface area contributed by atoms with Gasteiger partial charge in [0.05, 0.1) is 22.7 Å². The molecule has 3 aliphatic rings. The van der Waals surface area contributed by atoms with E-state index in [1.165, 1.54) is 6.07 Å². The molecule has 7 nitrogen and oxygen atoms in total. The van der Waals surface area contributed by atoms with E-state index >= 15 is 0 Å². The molecule has 1 atom stereocenters. The van der Waals surface area contributed by atoms with Crippen LogP contribution < -0.4 is 9.64 Å². The highest BCUT2D eigenvalue weighted by Crippen LogP contribution is 2.38. The molecule has 7 heteroatoms. The zero-order valence-electron chi connectivity index (χ0n) is 13.0. The number of ether oxygens (including phenoxy) is 2. The quantitative estimate of drug-likeness (QED) is 0.610. The van der Waals surface area contributed by atoms with Gasteiger partial charge in [0.15, 0.2) is 0 Å². The van der Waals surface area contributed by atoms with Gasteiger partial charge in [-0.25, -0.2) is 0 Å². The second-order valence-electron chi connectivity index (χ2n) is 6.41. The van der Waals surface area contributed by atoms with Gasteiger partial charge in [-0.15, -0.1) is 0 Å². The molecule has 0 amide bonds. The lowest BCUT2D eigenvalue weighted by molar-refractivity contribution is -0.384. The van der Waals surface area contributed by atoms with Crippen molar-refractivity contribution >= 4 is 11.4 Å². The van der Waals surface area contributed by atoms with E-state index in [0.29, 0.717) is 24.4 Å². The first-order valence-corrected chi connectivity index (χ1v) is 8.22. The van der Waals surface area contributed by atoms with Crippen LogP contribution in [-0.4, -0.2) is 61.4 Å². The monoisotopic (exact) mass is 319 g/mol. The second kappa shape index (κ2) is 5.98. The fourth-order valence-corrected chi connectivity index (χ4v) is 3.88. The lowest BCUT2D eigenvalue weighted by Gasteiger charge is -2.48. The van der Waals surface area contributed by atoms with Crippen molar-refractivity contribution in [2.24, 2.45) is 0 Å². The van der Waals surface area contributed by atoms with E-state index in [2.05, 4.69) is 9.80 Å². The molecular weight excluding hydrogens is 298 g/mol. The van der Waals surface area contributed by atoms with E-state index in [4.69, 9.17) is 9.47 Å². The van der Waals surface area contributed by atoms with Crippen LogP contribution >= 0.6 is 0 Å². The van der Waals surface area contributed by atoms with Crippen LogP contribution in [0.2, 0.25) is 0 Å². The number of piperazine rings is 1. The summed E-state index contributed by atoms with van der Waals surface area (Å²) >= 11 is 0. The Hall–Kier alpha value is -1.86. The van der Waals surface area contributed by atoms with Gasteiger partial charge < -0.3 is 14.4 Å². The van der Waals surface area contributed by atoms with Crippen molar-refractivity contribution in [1.29, 1.82) is 0 Å². The maximum atomic E-state index is 10.9. The summed E-state index contributed by atoms with van der Waals surface area (Å²) < 4.78 is 11.3. The number of hydrogen-bond donors (Lipinski definition) is 0. The Morgan fingerprint density at radius 2 is 2.00 bits per heavy atom. The number of rotatable bonds is 2. The predicted molar refractivity (Wildman–Crippen MR) is 85.1 cm³/mol. The van der Waals surface area contributed by atoms with Crippen LogP contribution in [0.3, 0.4) is 0 Å². The zero-order chi connectivity index (χ0) is 15.8. The predicted octanol–water partition coefficient (Wildman–Crippen LogP) is 1.66. The molecule has 0 aliphatic carbocycles. The third kappa shape index (κ3) is 2.74. The molecule has 1 aromatic rings. The number of hydrogen-bond acceptors (Lipinski definition) is 6. The number of anilines is 1. The SMILES string of the molecule is O=[N+]([O-])c1ccc2c(c1)OC[C@@H]1CN(C3CCOCC3)CCN21.